The quantitative estimate of drug-likeness (QED) is 0.534. The van der Waals surface area contributed by atoms with Crippen LogP contribution in [0.5, 0.6) is 17.2 Å². The summed E-state index contributed by atoms with van der Waals surface area (Å²) in [6, 6.07) is 9.56. The third kappa shape index (κ3) is 4.35. The molecule has 5 heteroatoms. The number of rotatable bonds is 8. The Morgan fingerprint density at radius 1 is 1.03 bits per heavy atom. The molecule has 0 fully saturated rings. The third-order valence-electron chi connectivity index (χ3n) is 4.74. The Morgan fingerprint density at radius 2 is 1.67 bits per heavy atom. The summed E-state index contributed by atoms with van der Waals surface area (Å²) in [5.41, 5.74) is 2.60. The molecule has 0 unspecified atom stereocenters. The second kappa shape index (κ2) is 9.53. The predicted octanol–water partition coefficient (Wildman–Crippen LogP) is 5.59. The number of ether oxygens (including phenoxy) is 3. The van der Waals surface area contributed by atoms with Gasteiger partial charge in [-0.05, 0) is 17.7 Å². The molecule has 0 aliphatic carbocycles. The molecule has 1 amide bonds. The molecule has 0 aliphatic rings. The highest BCUT2D eigenvalue weighted by Gasteiger charge is 2.30. The van der Waals surface area contributed by atoms with Gasteiger partial charge in [0.05, 0.1) is 27.0 Å². The molecular formula is C25H31NO4. The molecule has 30 heavy (non-hydrogen) atoms. The lowest BCUT2D eigenvalue weighted by Gasteiger charge is -2.31. The van der Waals surface area contributed by atoms with E-state index < -0.39 is 5.41 Å². The first-order chi connectivity index (χ1) is 14.2. The van der Waals surface area contributed by atoms with Gasteiger partial charge in [-0.3, -0.25) is 4.79 Å². The zero-order valence-electron chi connectivity index (χ0n) is 18.7. The number of amides is 1. The predicted molar refractivity (Wildman–Crippen MR) is 124 cm³/mol. The minimum atomic E-state index is -0.556. The van der Waals surface area contributed by atoms with Crippen molar-refractivity contribution in [1.29, 1.82) is 0 Å². The van der Waals surface area contributed by atoms with Gasteiger partial charge in [0.1, 0.15) is 0 Å². The number of methoxy groups -OCH3 is 3. The molecule has 0 atom stereocenters. The lowest BCUT2D eigenvalue weighted by Crippen LogP contribution is -2.40. The van der Waals surface area contributed by atoms with Gasteiger partial charge in [0.15, 0.2) is 11.5 Å². The Morgan fingerprint density at radius 3 is 2.17 bits per heavy atom. The minimum Gasteiger partial charge on any atom is -0.493 e. The second-order valence-electron chi connectivity index (χ2n) is 7.79. The summed E-state index contributed by atoms with van der Waals surface area (Å²) in [6.07, 6.45) is 3.46. The van der Waals surface area contributed by atoms with Crippen molar-refractivity contribution in [3.05, 3.63) is 55.1 Å². The highest BCUT2D eigenvalue weighted by atomic mass is 16.5. The Bertz CT molecular complexity index is 941. The maximum atomic E-state index is 13.3. The number of hydrogen-bond acceptors (Lipinski definition) is 4. The third-order valence-corrected chi connectivity index (χ3v) is 4.74. The molecule has 0 bridgehead atoms. The van der Waals surface area contributed by atoms with Crippen LogP contribution in [0.2, 0.25) is 0 Å². The van der Waals surface area contributed by atoms with Crippen LogP contribution < -0.4 is 19.1 Å². The zero-order valence-corrected chi connectivity index (χ0v) is 18.7. The lowest BCUT2D eigenvalue weighted by atomic mass is 9.92. The molecule has 0 N–H and O–H groups in total. The van der Waals surface area contributed by atoms with Crippen molar-refractivity contribution < 1.29 is 19.0 Å². The van der Waals surface area contributed by atoms with E-state index in [1.165, 1.54) is 0 Å². The van der Waals surface area contributed by atoms with E-state index in [0.717, 1.165) is 22.4 Å². The van der Waals surface area contributed by atoms with E-state index in [1.54, 1.807) is 38.4 Å². The van der Waals surface area contributed by atoms with Gasteiger partial charge < -0.3 is 19.1 Å². The second-order valence-corrected chi connectivity index (χ2v) is 7.79. The molecule has 2 aromatic carbocycles. The van der Waals surface area contributed by atoms with E-state index >= 15 is 0 Å². The Hall–Kier alpha value is -3.21. The van der Waals surface area contributed by atoms with Crippen LogP contribution in [-0.2, 0) is 4.79 Å². The van der Waals surface area contributed by atoms with Gasteiger partial charge in [0.25, 0.3) is 0 Å². The average molecular weight is 410 g/mol. The number of para-hydroxylation sites is 1. The van der Waals surface area contributed by atoms with Gasteiger partial charge in [-0.2, -0.15) is 0 Å². The summed E-state index contributed by atoms with van der Waals surface area (Å²) < 4.78 is 16.8. The first-order valence-corrected chi connectivity index (χ1v) is 9.72. The maximum absolute atomic E-state index is 13.3. The minimum absolute atomic E-state index is 0.00514. The number of hydrogen-bond donors (Lipinski definition) is 0. The van der Waals surface area contributed by atoms with Crippen molar-refractivity contribution in [2.75, 3.05) is 32.8 Å². The van der Waals surface area contributed by atoms with Crippen molar-refractivity contribution in [3.8, 4) is 28.4 Å². The van der Waals surface area contributed by atoms with E-state index in [0.29, 0.717) is 23.8 Å². The number of benzene rings is 2. The lowest BCUT2D eigenvalue weighted by molar-refractivity contribution is -0.125. The van der Waals surface area contributed by atoms with E-state index in [4.69, 9.17) is 14.2 Å². The topological polar surface area (TPSA) is 48.0 Å². The molecule has 2 aromatic rings. The molecular weight excluding hydrogens is 378 g/mol. The fourth-order valence-corrected chi connectivity index (χ4v) is 3.36. The maximum Gasteiger partial charge on any atom is 0.232 e. The van der Waals surface area contributed by atoms with Gasteiger partial charge >= 0.3 is 0 Å². The number of carbonyl (C=O) groups is 1. The van der Waals surface area contributed by atoms with Gasteiger partial charge in [0, 0.05) is 23.1 Å². The van der Waals surface area contributed by atoms with E-state index in [-0.39, 0.29) is 5.91 Å². The van der Waals surface area contributed by atoms with Crippen molar-refractivity contribution in [1.82, 2.24) is 0 Å². The van der Waals surface area contributed by atoms with Crippen LogP contribution in [0.1, 0.15) is 26.3 Å². The van der Waals surface area contributed by atoms with Crippen molar-refractivity contribution in [2.24, 2.45) is 5.41 Å². The molecule has 160 valence electrons. The van der Waals surface area contributed by atoms with Crippen LogP contribution in [0.15, 0.2) is 49.6 Å². The van der Waals surface area contributed by atoms with E-state index in [9.17, 15) is 4.79 Å². The van der Waals surface area contributed by atoms with Crippen molar-refractivity contribution in [2.45, 2.75) is 20.8 Å². The highest BCUT2D eigenvalue weighted by Crippen LogP contribution is 2.49. The number of anilines is 1. The van der Waals surface area contributed by atoms with Gasteiger partial charge in [0.2, 0.25) is 11.7 Å². The average Bonchev–Trinajstić information content (AvgIpc) is 2.74. The van der Waals surface area contributed by atoms with Crippen LogP contribution in [-0.4, -0.2) is 33.8 Å². The Labute approximate surface area is 179 Å². The van der Waals surface area contributed by atoms with Gasteiger partial charge in [-0.1, -0.05) is 57.7 Å². The fraction of sp³-hybridized carbons (Fsp3) is 0.320. The monoisotopic (exact) mass is 409 g/mol. The molecule has 0 aliphatic heterocycles. The van der Waals surface area contributed by atoms with Crippen LogP contribution in [0.25, 0.3) is 17.2 Å². The number of carbonyl (C=O) groups excluding carboxylic acids is 1. The standard InChI is InChI=1S/C25H31NO4/c1-9-15-26(24(27)25(3,4)5)19-14-12-11-13-18(19)21-17(10-2)16-20(28-6)22(29-7)23(21)30-8/h9-14,16H,1-2,15H2,3-8H3. The normalized spacial score (nSPS) is 10.9. The molecule has 0 radical (unpaired) electrons. The zero-order chi connectivity index (χ0) is 22.5. The van der Waals surface area contributed by atoms with Gasteiger partial charge in [-0.25, -0.2) is 0 Å². The number of nitrogens with zero attached hydrogens (tertiary/aromatic N) is 1. The van der Waals surface area contributed by atoms with E-state index in [1.807, 2.05) is 51.1 Å². The summed E-state index contributed by atoms with van der Waals surface area (Å²) in [7, 11) is 4.72. The smallest absolute Gasteiger partial charge is 0.232 e. The first-order valence-electron chi connectivity index (χ1n) is 9.72. The first kappa shape index (κ1) is 23.1. The summed E-state index contributed by atoms with van der Waals surface area (Å²) in [5, 5.41) is 0. The van der Waals surface area contributed by atoms with Crippen LogP contribution >= 0.6 is 0 Å². The molecule has 2 rings (SSSR count). The molecule has 0 spiro atoms. The molecule has 5 nitrogen and oxygen atoms in total. The molecule has 0 saturated carbocycles. The summed E-state index contributed by atoms with van der Waals surface area (Å²) in [5.74, 6) is 1.53. The molecule has 0 aromatic heterocycles. The van der Waals surface area contributed by atoms with E-state index in [2.05, 4.69) is 13.2 Å². The van der Waals surface area contributed by atoms with Crippen LogP contribution in [0, 0.1) is 5.41 Å². The van der Waals surface area contributed by atoms with Crippen molar-refractivity contribution in [3.63, 3.8) is 0 Å². The Kier molecular flexibility index (Phi) is 7.33. The Balaban J connectivity index is 2.89. The van der Waals surface area contributed by atoms with Gasteiger partial charge in [-0.15, -0.1) is 6.58 Å². The summed E-state index contributed by atoms with van der Waals surface area (Å²) >= 11 is 0. The SMILES string of the molecule is C=CCN(C(=O)C(C)(C)C)c1ccccc1-c1c(C=C)cc(OC)c(OC)c1OC. The summed E-state index contributed by atoms with van der Waals surface area (Å²) in [4.78, 5) is 15.0. The molecule has 0 heterocycles. The van der Waals surface area contributed by atoms with Crippen molar-refractivity contribution >= 4 is 17.7 Å². The summed E-state index contributed by atoms with van der Waals surface area (Å²) in [6.45, 7) is 13.9. The van der Waals surface area contributed by atoms with Crippen LogP contribution in [0.4, 0.5) is 5.69 Å². The molecule has 0 saturated heterocycles. The fourth-order valence-electron chi connectivity index (χ4n) is 3.36. The highest BCUT2D eigenvalue weighted by molar-refractivity contribution is 6.02. The van der Waals surface area contributed by atoms with Crippen LogP contribution in [0.3, 0.4) is 0 Å². The largest absolute Gasteiger partial charge is 0.493 e.